The van der Waals surface area contributed by atoms with E-state index in [1.54, 1.807) is 0 Å². The fourth-order valence-corrected chi connectivity index (χ4v) is 3.85. The van der Waals surface area contributed by atoms with Crippen molar-refractivity contribution in [3.63, 3.8) is 0 Å². The predicted molar refractivity (Wildman–Crippen MR) is 50.1 cm³/mol. The summed E-state index contributed by atoms with van der Waals surface area (Å²) in [7, 11) is 0. The van der Waals surface area contributed by atoms with Crippen LogP contribution in [0.15, 0.2) is 10.2 Å². The molecule has 0 spiro atoms. The first kappa shape index (κ1) is 7.64. The first-order valence-corrected chi connectivity index (χ1v) is 5.64. The van der Waals surface area contributed by atoms with Gasteiger partial charge in [0.1, 0.15) is 12.2 Å². The lowest BCUT2D eigenvalue weighted by Crippen LogP contribution is -2.78. The highest BCUT2D eigenvalue weighted by molar-refractivity contribution is 5.19. The minimum Gasteiger partial charge on any atom is -0.253 e. The van der Waals surface area contributed by atoms with E-state index in [9.17, 15) is 0 Å². The number of hydrogen-bond donors (Lipinski definition) is 4. The van der Waals surface area contributed by atoms with Crippen LogP contribution < -0.4 is 21.8 Å². The third-order valence-electron chi connectivity index (χ3n) is 4.62. The van der Waals surface area contributed by atoms with E-state index in [4.69, 9.17) is 0 Å². The summed E-state index contributed by atoms with van der Waals surface area (Å²) < 4.78 is 0. The monoisotopic (exact) mass is 207 g/mol. The van der Waals surface area contributed by atoms with Crippen LogP contribution in [-0.2, 0) is 0 Å². The Bertz CT molecular complexity index is 357. The highest BCUT2D eigenvalue weighted by Crippen LogP contribution is 2.47. The van der Waals surface area contributed by atoms with E-state index in [0.717, 1.165) is 0 Å². The molecule has 7 atom stereocenters. The molecule has 0 amide bonds. The lowest BCUT2D eigenvalue weighted by atomic mass is 9.73. The maximum absolute atomic E-state index is 4.47. The molecule has 1 saturated carbocycles. The van der Waals surface area contributed by atoms with Gasteiger partial charge in [-0.15, -0.1) is 0 Å². The molecule has 3 saturated heterocycles. The third-order valence-corrected chi connectivity index (χ3v) is 4.62. The molecule has 7 heteroatoms. The summed E-state index contributed by atoms with van der Waals surface area (Å²) in [5, 5.41) is 11.3. The van der Waals surface area contributed by atoms with E-state index < -0.39 is 0 Å². The molecule has 4 aliphatic heterocycles. The highest BCUT2D eigenvalue weighted by atomic mass is 15.9. The van der Waals surface area contributed by atoms with Crippen LogP contribution >= 0.6 is 0 Å². The minimum atomic E-state index is 0.365. The van der Waals surface area contributed by atoms with Crippen molar-refractivity contribution in [1.29, 1.82) is 0 Å². The average molecular weight is 207 g/mol. The van der Waals surface area contributed by atoms with Gasteiger partial charge < -0.3 is 0 Å². The van der Waals surface area contributed by atoms with Gasteiger partial charge in [0, 0.05) is 18.0 Å². The second-order valence-corrected chi connectivity index (χ2v) is 5.12. The van der Waals surface area contributed by atoms with Crippen molar-refractivity contribution in [2.75, 3.05) is 0 Å². The Morgan fingerprint density at radius 3 is 2.73 bits per heavy atom. The van der Waals surface area contributed by atoms with Crippen molar-refractivity contribution in [3.8, 4) is 0 Å². The van der Waals surface area contributed by atoms with Gasteiger partial charge in [-0.1, -0.05) is 0 Å². The largest absolute Gasteiger partial charge is 0.253 e. The van der Waals surface area contributed by atoms with Gasteiger partial charge in [-0.2, -0.15) is 15.8 Å². The lowest BCUT2D eigenvalue weighted by molar-refractivity contribution is -0.0696. The van der Waals surface area contributed by atoms with Crippen molar-refractivity contribution in [2.24, 2.45) is 16.1 Å². The molecule has 7 unspecified atom stereocenters. The molecule has 5 aliphatic rings. The number of nitrogens with zero attached hydrogens (tertiary/aromatic N) is 3. The Kier molecular flexibility index (Phi) is 1.14. The van der Waals surface area contributed by atoms with E-state index in [0.29, 0.717) is 42.3 Å². The molecule has 7 nitrogen and oxygen atoms in total. The molecule has 80 valence electrons. The van der Waals surface area contributed by atoms with E-state index in [-0.39, 0.29) is 0 Å². The summed E-state index contributed by atoms with van der Waals surface area (Å²) in [5.41, 5.74) is 13.0. The van der Waals surface area contributed by atoms with E-state index in [1.165, 1.54) is 6.42 Å². The standard InChI is InChI=1S/C8H13N7/c1-2-5(10-9-2)6-4-3(1)15-8(13-14-15)7(4)12-11-6/h2-10,13-14H,1H2. The second kappa shape index (κ2) is 2.23. The quantitative estimate of drug-likeness (QED) is 0.373. The van der Waals surface area contributed by atoms with Crippen molar-refractivity contribution >= 4 is 0 Å². The Morgan fingerprint density at radius 2 is 2.00 bits per heavy atom. The van der Waals surface area contributed by atoms with Gasteiger partial charge in [0.2, 0.25) is 0 Å². The molecule has 0 bridgehead atoms. The van der Waals surface area contributed by atoms with Crippen LogP contribution in [0.4, 0.5) is 0 Å². The molecule has 15 heavy (non-hydrogen) atoms. The Labute approximate surface area is 86.6 Å². The van der Waals surface area contributed by atoms with Crippen LogP contribution in [0.1, 0.15) is 6.42 Å². The van der Waals surface area contributed by atoms with Gasteiger partial charge in [-0.25, -0.2) is 10.4 Å². The summed E-state index contributed by atoms with van der Waals surface area (Å²) in [6.45, 7) is 0. The summed E-state index contributed by atoms with van der Waals surface area (Å²) in [4.78, 5) is 0. The first-order chi connectivity index (χ1) is 7.43. The van der Waals surface area contributed by atoms with Crippen LogP contribution in [0.2, 0.25) is 0 Å². The average Bonchev–Trinajstić information content (AvgIpc) is 2.59. The zero-order valence-corrected chi connectivity index (χ0v) is 8.09. The van der Waals surface area contributed by atoms with Crippen molar-refractivity contribution in [1.82, 2.24) is 26.8 Å². The normalized spacial score (nSPS) is 64.1. The number of azo groups is 1. The van der Waals surface area contributed by atoms with Gasteiger partial charge in [0.15, 0.2) is 0 Å². The maximum atomic E-state index is 4.47. The zero-order chi connectivity index (χ0) is 9.57. The Balaban J connectivity index is 1.60. The Hall–Kier alpha value is -0.600. The lowest BCUT2D eigenvalue weighted by Gasteiger charge is -2.51. The molecule has 4 heterocycles. The second-order valence-electron chi connectivity index (χ2n) is 5.12. The van der Waals surface area contributed by atoms with Crippen LogP contribution in [0.25, 0.3) is 0 Å². The van der Waals surface area contributed by atoms with Crippen molar-refractivity contribution < 1.29 is 0 Å². The smallest absolute Gasteiger partial charge is 0.113 e. The third kappa shape index (κ3) is 0.686. The summed E-state index contributed by atoms with van der Waals surface area (Å²) in [5.74, 6) is 0.605. The van der Waals surface area contributed by atoms with E-state index in [2.05, 4.69) is 37.0 Å². The fourth-order valence-electron chi connectivity index (χ4n) is 3.85. The van der Waals surface area contributed by atoms with Gasteiger partial charge >= 0.3 is 0 Å². The molecule has 4 fully saturated rings. The highest BCUT2D eigenvalue weighted by Gasteiger charge is 2.64. The van der Waals surface area contributed by atoms with Crippen LogP contribution in [0, 0.1) is 5.92 Å². The number of hydrogen-bond acceptors (Lipinski definition) is 7. The molecule has 0 aromatic heterocycles. The maximum Gasteiger partial charge on any atom is 0.113 e. The van der Waals surface area contributed by atoms with Gasteiger partial charge in [0.25, 0.3) is 0 Å². The molecule has 5 rings (SSSR count). The molecular formula is C8H13N7. The van der Waals surface area contributed by atoms with E-state index in [1.807, 2.05) is 0 Å². The van der Waals surface area contributed by atoms with Crippen molar-refractivity contribution in [3.05, 3.63) is 0 Å². The molecule has 0 aromatic rings. The number of rotatable bonds is 0. The summed E-state index contributed by atoms with van der Waals surface area (Å²) in [6.07, 6.45) is 1.58. The topological polar surface area (TPSA) is 76.1 Å². The number of fused-ring (bicyclic) bond motifs is 5. The predicted octanol–water partition coefficient (Wildman–Crippen LogP) is -1.91. The number of hydrazine groups is 3. The van der Waals surface area contributed by atoms with E-state index >= 15 is 0 Å². The SMILES string of the molecule is C1C2NNC2C2N=NC3C2C1N1NNC31. The molecule has 1 aliphatic carbocycles. The zero-order valence-electron chi connectivity index (χ0n) is 8.09. The fraction of sp³-hybridized carbons (Fsp3) is 1.00. The molecular weight excluding hydrogens is 194 g/mol. The number of nitrogens with one attached hydrogen (secondary N) is 4. The molecule has 0 radical (unpaired) electrons. The molecule has 0 aromatic carbocycles. The summed E-state index contributed by atoms with van der Waals surface area (Å²) in [6, 6.07) is 2.43. The minimum absolute atomic E-state index is 0.365. The first-order valence-electron chi connectivity index (χ1n) is 5.64. The van der Waals surface area contributed by atoms with Crippen LogP contribution in [-0.4, -0.2) is 41.4 Å². The summed E-state index contributed by atoms with van der Waals surface area (Å²) >= 11 is 0. The Morgan fingerprint density at radius 1 is 1.07 bits per heavy atom. The van der Waals surface area contributed by atoms with Crippen LogP contribution in [0.3, 0.4) is 0 Å². The van der Waals surface area contributed by atoms with Crippen LogP contribution in [0.5, 0.6) is 0 Å². The van der Waals surface area contributed by atoms with Gasteiger partial charge in [-0.3, -0.25) is 10.9 Å². The van der Waals surface area contributed by atoms with Gasteiger partial charge in [-0.05, 0) is 6.42 Å². The van der Waals surface area contributed by atoms with Crippen molar-refractivity contribution in [2.45, 2.75) is 42.8 Å². The molecule has 4 N–H and O–H groups in total. The van der Waals surface area contributed by atoms with Gasteiger partial charge in [0.05, 0.1) is 12.1 Å².